The molecule has 6 nitrogen and oxygen atoms in total. The van der Waals surface area contributed by atoms with Crippen molar-refractivity contribution in [3.63, 3.8) is 0 Å². The number of ether oxygens (including phenoxy) is 1. The lowest BCUT2D eigenvalue weighted by Gasteiger charge is -2.12. The van der Waals surface area contributed by atoms with Gasteiger partial charge in [0.05, 0.1) is 24.5 Å². The lowest BCUT2D eigenvalue weighted by atomic mass is 10.0. The second-order valence-electron chi connectivity index (χ2n) is 7.82. The zero-order valence-electron chi connectivity index (χ0n) is 18.2. The summed E-state index contributed by atoms with van der Waals surface area (Å²) in [6.07, 6.45) is 1.43. The Labute approximate surface area is 194 Å². The first-order valence-corrected chi connectivity index (χ1v) is 11.3. The average molecular weight is 456 g/mol. The first-order valence-electron chi connectivity index (χ1n) is 10.4. The molecule has 164 valence electrons. The van der Waals surface area contributed by atoms with E-state index >= 15 is 0 Å². The van der Waals surface area contributed by atoms with Crippen molar-refractivity contribution >= 4 is 43.9 Å². The Balaban J connectivity index is 1.49. The van der Waals surface area contributed by atoms with Gasteiger partial charge in [-0.05, 0) is 47.0 Å². The zero-order valence-corrected chi connectivity index (χ0v) is 19.0. The number of nitrogens with one attached hydrogen (secondary N) is 1. The number of fused-ring (bicyclic) bond motifs is 2. The molecular weight excluding hydrogens is 434 g/mol. The van der Waals surface area contributed by atoms with Crippen molar-refractivity contribution in [3.05, 3.63) is 88.3 Å². The van der Waals surface area contributed by atoms with Crippen molar-refractivity contribution in [3.8, 4) is 16.9 Å². The normalized spacial score (nSPS) is 11.1. The number of thiophene rings is 1. The molecule has 0 aliphatic carbocycles. The maximum atomic E-state index is 13.3. The highest BCUT2D eigenvalue weighted by Gasteiger charge is 2.16. The summed E-state index contributed by atoms with van der Waals surface area (Å²) in [4.78, 5) is 31.2. The van der Waals surface area contributed by atoms with Crippen LogP contribution in [0.1, 0.15) is 5.56 Å². The summed E-state index contributed by atoms with van der Waals surface area (Å²) < 4.78 is 6.67. The van der Waals surface area contributed by atoms with Gasteiger partial charge in [0.2, 0.25) is 5.91 Å². The van der Waals surface area contributed by atoms with E-state index in [-0.39, 0.29) is 18.0 Å². The van der Waals surface area contributed by atoms with E-state index in [0.717, 1.165) is 27.5 Å². The molecule has 2 aromatic heterocycles. The van der Waals surface area contributed by atoms with Gasteiger partial charge in [0.15, 0.2) is 0 Å². The van der Waals surface area contributed by atoms with Crippen LogP contribution in [0, 0.1) is 6.92 Å². The van der Waals surface area contributed by atoms with Crippen LogP contribution in [0.5, 0.6) is 5.75 Å². The molecule has 1 N–H and O–H groups in total. The van der Waals surface area contributed by atoms with Crippen LogP contribution in [0.3, 0.4) is 0 Å². The molecule has 0 radical (unpaired) electrons. The van der Waals surface area contributed by atoms with Gasteiger partial charge >= 0.3 is 0 Å². The predicted octanol–water partition coefficient (Wildman–Crippen LogP) is 5.23. The van der Waals surface area contributed by atoms with Crippen LogP contribution in [-0.2, 0) is 11.3 Å². The summed E-state index contributed by atoms with van der Waals surface area (Å²) in [6.45, 7) is 1.79. The Morgan fingerprint density at radius 3 is 2.73 bits per heavy atom. The minimum Gasteiger partial charge on any atom is -0.495 e. The van der Waals surface area contributed by atoms with Crippen LogP contribution < -0.4 is 15.6 Å². The Morgan fingerprint density at radius 2 is 1.91 bits per heavy atom. The topological polar surface area (TPSA) is 73.2 Å². The van der Waals surface area contributed by atoms with Crippen LogP contribution in [0.15, 0.2) is 77.2 Å². The Bertz CT molecular complexity index is 1570. The number of methoxy groups -OCH3 is 1. The van der Waals surface area contributed by atoms with Crippen molar-refractivity contribution in [2.24, 2.45) is 0 Å². The second-order valence-corrected chi connectivity index (χ2v) is 8.68. The number of carbonyl (C=O) groups is 1. The third-order valence-corrected chi connectivity index (χ3v) is 6.45. The molecule has 5 rings (SSSR count). The van der Waals surface area contributed by atoms with E-state index in [2.05, 4.69) is 22.4 Å². The van der Waals surface area contributed by atoms with E-state index in [1.807, 2.05) is 54.8 Å². The summed E-state index contributed by atoms with van der Waals surface area (Å²) >= 11 is 1.42. The lowest BCUT2D eigenvalue weighted by Crippen LogP contribution is -2.28. The largest absolute Gasteiger partial charge is 0.495 e. The maximum Gasteiger partial charge on any atom is 0.263 e. The minimum absolute atomic E-state index is 0.147. The fourth-order valence-electron chi connectivity index (χ4n) is 3.91. The van der Waals surface area contributed by atoms with E-state index in [9.17, 15) is 9.59 Å². The number of benzene rings is 3. The molecule has 1 amide bonds. The molecule has 7 heteroatoms. The predicted molar refractivity (Wildman–Crippen MR) is 133 cm³/mol. The molecule has 0 aliphatic heterocycles. The first-order chi connectivity index (χ1) is 16.0. The summed E-state index contributed by atoms with van der Waals surface area (Å²) in [6, 6.07) is 19.8. The van der Waals surface area contributed by atoms with E-state index in [4.69, 9.17) is 4.74 Å². The number of rotatable bonds is 5. The molecule has 0 saturated carbocycles. The van der Waals surface area contributed by atoms with Crippen molar-refractivity contribution in [2.75, 3.05) is 12.4 Å². The van der Waals surface area contributed by atoms with Gasteiger partial charge in [-0.3, -0.25) is 14.2 Å². The lowest BCUT2D eigenvalue weighted by molar-refractivity contribution is -0.116. The summed E-state index contributed by atoms with van der Waals surface area (Å²) in [5.74, 6) is 0.232. The van der Waals surface area contributed by atoms with Crippen LogP contribution >= 0.6 is 11.3 Å². The third-order valence-electron chi connectivity index (χ3n) is 5.56. The fourth-order valence-corrected chi connectivity index (χ4v) is 4.82. The SMILES string of the molecule is COc1ccc(C)cc1NC(=O)Cn1cnc2scc(-c3ccc4ccccc4c3)c2c1=O. The third kappa shape index (κ3) is 3.99. The molecule has 0 bridgehead atoms. The average Bonchev–Trinajstić information content (AvgIpc) is 3.26. The standard InChI is InChI=1S/C26H21N3O3S/c1-16-7-10-22(32-2)21(11-16)28-23(30)13-29-15-27-25-24(26(29)31)20(14-33-25)19-9-8-17-5-3-4-6-18(17)12-19/h3-12,14-15H,13H2,1-2H3,(H,28,30). The summed E-state index contributed by atoms with van der Waals surface area (Å²) in [7, 11) is 1.55. The number of hydrogen-bond donors (Lipinski definition) is 1. The second kappa shape index (κ2) is 8.52. The van der Waals surface area contributed by atoms with Gasteiger partial charge in [0.1, 0.15) is 17.1 Å². The van der Waals surface area contributed by atoms with Crippen LogP contribution in [0.2, 0.25) is 0 Å². The molecule has 0 fully saturated rings. The van der Waals surface area contributed by atoms with Crippen molar-refractivity contribution in [1.82, 2.24) is 9.55 Å². The smallest absolute Gasteiger partial charge is 0.263 e. The maximum absolute atomic E-state index is 13.3. The van der Waals surface area contributed by atoms with Gasteiger partial charge in [0, 0.05) is 10.9 Å². The van der Waals surface area contributed by atoms with Crippen molar-refractivity contribution in [1.29, 1.82) is 0 Å². The molecular formula is C26H21N3O3S. The molecule has 2 heterocycles. The fraction of sp³-hybridized carbons (Fsp3) is 0.115. The quantitative estimate of drug-likeness (QED) is 0.394. The molecule has 0 spiro atoms. The Morgan fingerprint density at radius 1 is 1.09 bits per heavy atom. The van der Waals surface area contributed by atoms with Crippen LogP contribution in [0.4, 0.5) is 5.69 Å². The number of hydrogen-bond acceptors (Lipinski definition) is 5. The number of aryl methyl sites for hydroxylation is 1. The first kappa shape index (κ1) is 20.9. The number of carbonyl (C=O) groups excluding carboxylic acids is 1. The van der Waals surface area contributed by atoms with Crippen molar-refractivity contribution in [2.45, 2.75) is 13.5 Å². The molecule has 0 aliphatic rings. The Hall–Kier alpha value is -3.97. The van der Waals surface area contributed by atoms with Crippen LogP contribution in [-0.4, -0.2) is 22.6 Å². The minimum atomic E-state index is -0.329. The highest BCUT2D eigenvalue weighted by molar-refractivity contribution is 7.17. The van der Waals surface area contributed by atoms with E-state index < -0.39 is 0 Å². The monoisotopic (exact) mass is 455 g/mol. The van der Waals surface area contributed by atoms with Gasteiger partial charge in [-0.15, -0.1) is 11.3 Å². The summed E-state index contributed by atoms with van der Waals surface area (Å²) in [5, 5.41) is 7.55. The van der Waals surface area contributed by atoms with E-state index in [1.54, 1.807) is 13.2 Å². The van der Waals surface area contributed by atoms with Gasteiger partial charge in [0.25, 0.3) is 5.56 Å². The molecule has 3 aromatic carbocycles. The molecule has 33 heavy (non-hydrogen) atoms. The highest BCUT2D eigenvalue weighted by atomic mass is 32.1. The van der Waals surface area contributed by atoms with Crippen molar-refractivity contribution < 1.29 is 9.53 Å². The van der Waals surface area contributed by atoms with Gasteiger partial charge in [-0.25, -0.2) is 4.98 Å². The van der Waals surface area contributed by atoms with Gasteiger partial charge in [-0.1, -0.05) is 42.5 Å². The molecule has 5 aromatic rings. The number of nitrogens with zero attached hydrogens (tertiary/aromatic N) is 2. The number of aromatic nitrogens is 2. The zero-order chi connectivity index (χ0) is 22.9. The molecule has 0 unspecified atom stereocenters. The van der Waals surface area contributed by atoms with Gasteiger partial charge < -0.3 is 10.1 Å². The number of amides is 1. The van der Waals surface area contributed by atoms with E-state index in [0.29, 0.717) is 21.7 Å². The summed E-state index contributed by atoms with van der Waals surface area (Å²) in [5.41, 5.74) is 3.09. The molecule has 0 saturated heterocycles. The number of anilines is 1. The van der Waals surface area contributed by atoms with Gasteiger partial charge in [-0.2, -0.15) is 0 Å². The molecule has 0 atom stereocenters. The van der Waals surface area contributed by atoms with Crippen LogP contribution in [0.25, 0.3) is 32.1 Å². The highest BCUT2D eigenvalue weighted by Crippen LogP contribution is 2.32. The van der Waals surface area contributed by atoms with E-state index in [1.165, 1.54) is 22.2 Å². The Kier molecular flexibility index (Phi) is 5.40.